The van der Waals surface area contributed by atoms with E-state index < -0.39 is 5.60 Å². The van der Waals surface area contributed by atoms with E-state index in [4.69, 9.17) is 4.74 Å². The Morgan fingerprint density at radius 1 is 1.32 bits per heavy atom. The molecule has 3 rings (SSSR count). The van der Waals surface area contributed by atoms with Gasteiger partial charge >= 0.3 is 6.09 Å². The molecule has 0 saturated heterocycles. The zero-order chi connectivity index (χ0) is 15.7. The molecule has 1 aliphatic heterocycles. The maximum Gasteiger partial charge on any atom is 0.407 e. The van der Waals surface area contributed by atoms with Crippen LogP contribution in [0.2, 0.25) is 0 Å². The Kier molecular flexibility index (Phi) is 4.02. The van der Waals surface area contributed by atoms with E-state index in [0.717, 1.165) is 6.54 Å². The van der Waals surface area contributed by atoms with Gasteiger partial charge in [0.1, 0.15) is 5.60 Å². The van der Waals surface area contributed by atoms with E-state index in [2.05, 4.69) is 34.5 Å². The molecule has 4 heteroatoms. The first-order valence-electron chi connectivity index (χ1n) is 8.28. The summed E-state index contributed by atoms with van der Waals surface area (Å²) in [5.74, 6) is 0.678. The van der Waals surface area contributed by atoms with Crippen molar-refractivity contribution in [3.05, 3.63) is 29.8 Å². The summed E-state index contributed by atoms with van der Waals surface area (Å²) >= 11 is 0. The number of carbonyl (C=O) groups is 1. The van der Waals surface area contributed by atoms with Gasteiger partial charge in [-0.05, 0) is 45.2 Å². The molecule has 1 N–H and O–H groups in total. The van der Waals surface area contributed by atoms with E-state index in [9.17, 15) is 4.79 Å². The lowest BCUT2D eigenvalue weighted by atomic mass is 9.98. The van der Waals surface area contributed by atoms with Gasteiger partial charge in [-0.25, -0.2) is 4.79 Å². The summed E-state index contributed by atoms with van der Waals surface area (Å²) in [4.78, 5) is 14.2. The first kappa shape index (κ1) is 15.2. The normalized spacial score (nSPS) is 23.1. The van der Waals surface area contributed by atoms with Gasteiger partial charge in [-0.1, -0.05) is 24.6 Å². The van der Waals surface area contributed by atoms with Crippen molar-refractivity contribution in [3.63, 3.8) is 0 Å². The molecule has 1 aliphatic carbocycles. The number of hydrogen-bond donors (Lipinski definition) is 1. The summed E-state index contributed by atoms with van der Waals surface area (Å²) in [5.41, 5.74) is 2.39. The van der Waals surface area contributed by atoms with Crippen LogP contribution in [0.5, 0.6) is 0 Å². The third-order valence-electron chi connectivity index (χ3n) is 4.55. The Bertz CT molecular complexity index is 550. The second kappa shape index (κ2) is 5.82. The van der Waals surface area contributed by atoms with E-state index in [1.54, 1.807) is 0 Å². The highest BCUT2D eigenvalue weighted by Gasteiger charge is 2.40. The number of hydrogen-bond acceptors (Lipinski definition) is 3. The number of amides is 1. The molecule has 1 aromatic carbocycles. The van der Waals surface area contributed by atoms with Crippen LogP contribution in [0.25, 0.3) is 0 Å². The van der Waals surface area contributed by atoms with Crippen molar-refractivity contribution >= 4 is 11.8 Å². The zero-order valence-electron chi connectivity index (χ0n) is 13.8. The number of carbonyl (C=O) groups excluding carboxylic acids is 1. The van der Waals surface area contributed by atoms with Gasteiger partial charge < -0.3 is 15.0 Å². The topological polar surface area (TPSA) is 41.6 Å². The van der Waals surface area contributed by atoms with Crippen molar-refractivity contribution in [2.24, 2.45) is 0 Å². The zero-order valence-corrected chi connectivity index (χ0v) is 13.8. The first-order chi connectivity index (χ1) is 10.5. The highest BCUT2D eigenvalue weighted by atomic mass is 16.6. The average Bonchev–Trinajstić information content (AvgIpc) is 2.99. The molecule has 120 valence electrons. The number of rotatable bonds is 3. The number of alkyl carbamates (subject to hydrolysis) is 1. The van der Waals surface area contributed by atoms with Gasteiger partial charge in [0, 0.05) is 30.7 Å². The predicted molar refractivity (Wildman–Crippen MR) is 88.4 cm³/mol. The number of ether oxygens (including phenoxy) is 1. The Labute approximate surface area is 132 Å². The van der Waals surface area contributed by atoms with Crippen LogP contribution in [0.3, 0.4) is 0 Å². The van der Waals surface area contributed by atoms with E-state index in [1.807, 2.05) is 20.8 Å². The molecule has 0 radical (unpaired) electrons. The number of fused-ring (bicyclic) bond motifs is 3. The van der Waals surface area contributed by atoms with Crippen molar-refractivity contribution in [2.75, 3.05) is 18.0 Å². The number of nitrogens with one attached hydrogen (secondary N) is 1. The monoisotopic (exact) mass is 302 g/mol. The van der Waals surface area contributed by atoms with Crippen LogP contribution in [0.15, 0.2) is 24.3 Å². The second-order valence-corrected chi connectivity index (χ2v) is 7.29. The molecule has 1 fully saturated rings. The van der Waals surface area contributed by atoms with Crippen molar-refractivity contribution in [3.8, 4) is 0 Å². The van der Waals surface area contributed by atoms with Gasteiger partial charge in [0.15, 0.2) is 0 Å². The first-order valence-corrected chi connectivity index (χ1v) is 8.28. The summed E-state index contributed by atoms with van der Waals surface area (Å²) in [6.45, 7) is 7.11. The number of para-hydroxylation sites is 1. The summed E-state index contributed by atoms with van der Waals surface area (Å²) in [6, 6.07) is 9.32. The molecule has 2 atom stereocenters. The minimum absolute atomic E-state index is 0.331. The van der Waals surface area contributed by atoms with Crippen molar-refractivity contribution < 1.29 is 9.53 Å². The Hall–Kier alpha value is -1.71. The van der Waals surface area contributed by atoms with Crippen LogP contribution in [0.4, 0.5) is 10.5 Å². The fraction of sp³-hybridized carbons (Fsp3) is 0.611. The van der Waals surface area contributed by atoms with Crippen molar-refractivity contribution in [1.29, 1.82) is 0 Å². The predicted octanol–water partition coefficient (Wildman–Crippen LogP) is 3.67. The van der Waals surface area contributed by atoms with Gasteiger partial charge in [0.25, 0.3) is 0 Å². The molecule has 2 unspecified atom stereocenters. The van der Waals surface area contributed by atoms with E-state index in [-0.39, 0.29) is 6.09 Å². The average molecular weight is 302 g/mol. The Morgan fingerprint density at radius 2 is 2.09 bits per heavy atom. The van der Waals surface area contributed by atoms with Crippen LogP contribution in [0.1, 0.15) is 51.5 Å². The molecule has 2 aliphatic rings. The van der Waals surface area contributed by atoms with Crippen LogP contribution < -0.4 is 10.2 Å². The summed E-state index contributed by atoms with van der Waals surface area (Å²) in [5, 5.41) is 2.87. The minimum atomic E-state index is -0.444. The number of benzene rings is 1. The van der Waals surface area contributed by atoms with E-state index >= 15 is 0 Å². The maximum absolute atomic E-state index is 11.8. The van der Waals surface area contributed by atoms with E-state index in [0.29, 0.717) is 18.5 Å². The Morgan fingerprint density at radius 3 is 2.86 bits per heavy atom. The van der Waals surface area contributed by atoms with Gasteiger partial charge in [-0.15, -0.1) is 0 Å². The maximum atomic E-state index is 11.8. The standard InChI is InChI=1S/C18H26N2O2/c1-18(2,3)22-17(21)19-11-12-20-15-9-5-4-7-13(15)14-8-6-10-16(14)20/h4-5,7,9,14,16H,6,8,10-12H2,1-3H3,(H,19,21). The van der Waals surface area contributed by atoms with Crippen LogP contribution in [0, 0.1) is 0 Å². The molecular formula is C18H26N2O2. The molecule has 22 heavy (non-hydrogen) atoms. The molecule has 1 aromatic rings. The SMILES string of the molecule is CC(C)(C)OC(=O)NCCN1c2ccccc2C2CCCC21. The summed E-state index contributed by atoms with van der Waals surface area (Å²) < 4.78 is 5.29. The smallest absolute Gasteiger partial charge is 0.407 e. The lowest BCUT2D eigenvalue weighted by Gasteiger charge is -2.27. The number of nitrogens with zero attached hydrogens (tertiary/aromatic N) is 1. The lowest BCUT2D eigenvalue weighted by molar-refractivity contribution is 0.0529. The molecular weight excluding hydrogens is 276 g/mol. The largest absolute Gasteiger partial charge is 0.444 e. The van der Waals surface area contributed by atoms with Gasteiger partial charge in [0.05, 0.1) is 0 Å². The fourth-order valence-electron chi connectivity index (χ4n) is 3.80. The second-order valence-electron chi connectivity index (χ2n) is 7.29. The quantitative estimate of drug-likeness (QED) is 0.926. The third-order valence-corrected chi connectivity index (χ3v) is 4.55. The Balaban J connectivity index is 1.60. The van der Waals surface area contributed by atoms with Gasteiger partial charge in [0.2, 0.25) is 0 Å². The summed E-state index contributed by atoms with van der Waals surface area (Å²) in [6.07, 6.45) is 3.52. The highest BCUT2D eigenvalue weighted by Crippen LogP contribution is 2.48. The van der Waals surface area contributed by atoms with Gasteiger partial charge in [-0.3, -0.25) is 0 Å². The summed E-state index contributed by atoms with van der Waals surface area (Å²) in [7, 11) is 0. The van der Waals surface area contributed by atoms with Crippen LogP contribution in [-0.4, -0.2) is 30.8 Å². The number of anilines is 1. The molecule has 1 saturated carbocycles. The molecule has 1 heterocycles. The molecule has 4 nitrogen and oxygen atoms in total. The van der Waals surface area contributed by atoms with Crippen LogP contribution in [-0.2, 0) is 4.74 Å². The molecule has 1 amide bonds. The fourth-order valence-corrected chi connectivity index (χ4v) is 3.80. The lowest BCUT2D eigenvalue weighted by Crippen LogP contribution is -2.40. The van der Waals surface area contributed by atoms with Gasteiger partial charge in [-0.2, -0.15) is 0 Å². The molecule has 0 aromatic heterocycles. The molecule has 0 bridgehead atoms. The minimum Gasteiger partial charge on any atom is -0.444 e. The molecule has 0 spiro atoms. The van der Waals surface area contributed by atoms with Crippen molar-refractivity contribution in [2.45, 2.75) is 57.6 Å². The van der Waals surface area contributed by atoms with E-state index in [1.165, 1.54) is 30.5 Å². The highest BCUT2D eigenvalue weighted by molar-refractivity contribution is 5.68. The third kappa shape index (κ3) is 3.06. The van der Waals surface area contributed by atoms with Crippen molar-refractivity contribution in [1.82, 2.24) is 5.32 Å². The van der Waals surface area contributed by atoms with Crippen LogP contribution >= 0.6 is 0 Å².